The molecule has 5 heteroatoms. The van der Waals surface area contributed by atoms with Crippen LogP contribution in [0.1, 0.15) is 41.7 Å². The fourth-order valence-electron chi connectivity index (χ4n) is 4.55. The molecule has 0 amide bonds. The Hall–Kier alpha value is -4.17. The molecule has 0 unspecified atom stereocenters. The minimum Gasteiger partial charge on any atom is -0.399 e. The summed E-state index contributed by atoms with van der Waals surface area (Å²) in [5.41, 5.74) is 8.15. The lowest BCUT2D eigenvalue weighted by Gasteiger charge is -2.17. The number of hydrogen-bond acceptors (Lipinski definition) is 4. The minimum atomic E-state index is -0.00666. The number of hydrogen-bond donors (Lipinski definition) is 0. The Kier molecular flexibility index (Phi) is 7.12. The van der Waals surface area contributed by atoms with Crippen LogP contribution in [0.4, 0.5) is 0 Å². The average Bonchev–Trinajstić information content (AvgIpc) is 2.89. The first kappa shape index (κ1) is 24.0. The number of oxime groups is 1. The zero-order chi connectivity index (χ0) is 24.9. The highest BCUT2D eigenvalue weighted by atomic mass is 16.6. The number of aromatic nitrogens is 1. The van der Waals surface area contributed by atoms with Crippen LogP contribution in [0.15, 0.2) is 76.7 Å². The van der Waals surface area contributed by atoms with Crippen molar-refractivity contribution in [3.8, 4) is 17.2 Å². The van der Waals surface area contributed by atoms with Crippen LogP contribution in [-0.2, 0) is 24.2 Å². The zero-order valence-corrected chi connectivity index (χ0v) is 20.6. The highest BCUT2D eigenvalue weighted by Crippen LogP contribution is 2.25. The summed E-state index contributed by atoms with van der Waals surface area (Å²) in [4.78, 5) is 18.7. The van der Waals surface area contributed by atoms with E-state index in [2.05, 4.69) is 36.3 Å². The summed E-state index contributed by atoms with van der Waals surface area (Å²) in [6.07, 6.45) is 1.34. The van der Waals surface area contributed by atoms with E-state index < -0.39 is 0 Å². The molecule has 4 aromatic rings. The van der Waals surface area contributed by atoms with Crippen molar-refractivity contribution in [2.24, 2.45) is 5.16 Å². The van der Waals surface area contributed by atoms with E-state index in [9.17, 15) is 10.1 Å². The van der Waals surface area contributed by atoms with Gasteiger partial charge in [-0.25, -0.2) is 0 Å². The number of benzene rings is 3. The number of rotatable bonds is 7. The molecule has 0 bridgehead atoms. The molecule has 0 aliphatic heterocycles. The third-order valence-electron chi connectivity index (χ3n) is 6.45. The molecule has 0 aliphatic rings. The molecule has 0 spiro atoms. The molecule has 0 saturated heterocycles. The van der Waals surface area contributed by atoms with Crippen LogP contribution in [-0.4, -0.2) is 17.4 Å². The molecule has 0 radical (unpaired) electrons. The van der Waals surface area contributed by atoms with Crippen LogP contribution < -0.4 is 5.56 Å². The topological polar surface area (TPSA) is 67.4 Å². The summed E-state index contributed by atoms with van der Waals surface area (Å²) in [7, 11) is 1.51. The maximum absolute atomic E-state index is 13.8. The maximum Gasteiger partial charge on any atom is 0.255 e. The van der Waals surface area contributed by atoms with Crippen molar-refractivity contribution in [2.75, 3.05) is 7.11 Å². The summed E-state index contributed by atoms with van der Waals surface area (Å²) < 4.78 is 1.87. The molecule has 0 aliphatic carbocycles. The van der Waals surface area contributed by atoms with Gasteiger partial charge in [-0.3, -0.25) is 4.79 Å². The predicted molar refractivity (Wildman–Crippen MR) is 142 cm³/mol. The molecule has 0 N–H and O–H groups in total. The third kappa shape index (κ3) is 4.88. The van der Waals surface area contributed by atoms with Crippen LogP contribution in [0, 0.1) is 18.3 Å². The van der Waals surface area contributed by atoms with E-state index >= 15 is 0 Å². The quantitative estimate of drug-likeness (QED) is 0.248. The van der Waals surface area contributed by atoms with Crippen LogP contribution in [0.25, 0.3) is 22.0 Å². The Balaban J connectivity index is 1.81. The minimum absolute atomic E-state index is 0.00666. The first-order valence-electron chi connectivity index (χ1n) is 11.8. The van der Waals surface area contributed by atoms with Gasteiger partial charge in [0.05, 0.1) is 29.4 Å². The van der Waals surface area contributed by atoms with Crippen LogP contribution in [0.5, 0.6) is 0 Å². The summed E-state index contributed by atoms with van der Waals surface area (Å²) >= 11 is 0. The Morgan fingerprint density at radius 3 is 2.46 bits per heavy atom. The normalized spacial score (nSPS) is 11.5. The average molecular weight is 464 g/mol. The molecule has 0 atom stereocenters. The van der Waals surface area contributed by atoms with Gasteiger partial charge in [-0.05, 0) is 60.2 Å². The van der Waals surface area contributed by atoms with E-state index in [0.717, 1.165) is 50.9 Å². The van der Waals surface area contributed by atoms with Crippen molar-refractivity contribution in [1.82, 2.24) is 4.57 Å². The number of pyridine rings is 1. The number of aryl methyl sites for hydroxylation is 2. The van der Waals surface area contributed by atoms with Gasteiger partial charge in [0.2, 0.25) is 0 Å². The van der Waals surface area contributed by atoms with Gasteiger partial charge in [0.15, 0.2) is 0 Å². The molecular weight excluding hydrogens is 434 g/mol. The van der Waals surface area contributed by atoms with Crippen molar-refractivity contribution in [3.05, 3.63) is 105 Å². The molecule has 5 nitrogen and oxygen atoms in total. The Morgan fingerprint density at radius 1 is 1.06 bits per heavy atom. The van der Waals surface area contributed by atoms with Crippen molar-refractivity contribution < 1.29 is 4.84 Å². The fraction of sp³-hybridized carbons (Fsp3) is 0.233. The Labute approximate surface area is 205 Å². The van der Waals surface area contributed by atoms with E-state index in [4.69, 9.17) is 4.84 Å². The second kappa shape index (κ2) is 10.4. The molecule has 4 rings (SSSR count). The van der Waals surface area contributed by atoms with E-state index in [1.165, 1.54) is 12.7 Å². The zero-order valence-electron chi connectivity index (χ0n) is 20.6. The number of fused-ring (bicyclic) bond motifs is 1. The lowest BCUT2D eigenvalue weighted by atomic mass is 9.97. The van der Waals surface area contributed by atoms with Crippen LogP contribution in [0.3, 0.4) is 0 Å². The monoisotopic (exact) mass is 463 g/mol. The van der Waals surface area contributed by atoms with Gasteiger partial charge in [0.25, 0.3) is 5.56 Å². The van der Waals surface area contributed by atoms with Gasteiger partial charge in [0, 0.05) is 17.4 Å². The lowest BCUT2D eigenvalue weighted by molar-refractivity contribution is 0.212. The maximum atomic E-state index is 13.8. The Morgan fingerprint density at radius 2 is 1.77 bits per heavy atom. The van der Waals surface area contributed by atoms with Gasteiger partial charge < -0.3 is 9.40 Å². The first-order chi connectivity index (χ1) is 17.0. The van der Waals surface area contributed by atoms with E-state index in [0.29, 0.717) is 18.5 Å². The van der Waals surface area contributed by atoms with Gasteiger partial charge in [-0.2, -0.15) is 5.26 Å². The lowest BCUT2D eigenvalue weighted by Crippen LogP contribution is -2.27. The second-order valence-electron chi connectivity index (χ2n) is 8.74. The molecule has 0 fully saturated rings. The van der Waals surface area contributed by atoms with Crippen molar-refractivity contribution >= 4 is 16.6 Å². The van der Waals surface area contributed by atoms with Crippen molar-refractivity contribution in [2.45, 2.75) is 40.2 Å². The van der Waals surface area contributed by atoms with Crippen LogP contribution in [0.2, 0.25) is 0 Å². The van der Waals surface area contributed by atoms with Gasteiger partial charge in [-0.15, -0.1) is 0 Å². The summed E-state index contributed by atoms with van der Waals surface area (Å²) in [6, 6.07) is 24.3. The molecule has 0 saturated carbocycles. The van der Waals surface area contributed by atoms with Gasteiger partial charge in [0.1, 0.15) is 7.11 Å². The van der Waals surface area contributed by atoms with Gasteiger partial charge in [-0.1, -0.05) is 66.7 Å². The molecular formula is C30H29N3O2. The highest BCUT2D eigenvalue weighted by Gasteiger charge is 2.16. The molecule has 176 valence electrons. The largest absolute Gasteiger partial charge is 0.399 e. The predicted octanol–water partition coefficient (Wildman–Crippen LogP) is 6.02. The molecule has 3 aromatic carbocycles. The van der Waals surface area contributed by atoms with E-state index in [1.54, 1.807) is 0 Å². The molecule has 1 heterocycles. The van der Waals surface area contributed by atoms with Crippen molar-refractivity contribution in [3.63, 3.8) is 0 Å². The standard InChI is InChI=1S/C30H29N3O2/c1-5-22-12-15-26-21(3)28(16-20(2)32-35-4)30(34)33(29(26)17-22)19-23-10-13-24(14-11-23)27-9-7-6-8-25(27)18-31/h6-15,17H,5,16,19H2,1-4H3. The number of nitriles is 1. The van der Waals surface area contributed by atoms with Gasteiger partial charge >= 0.3 is 0 Å². The smallest absolute Gasteiger partial charge is 0.255 e. The number of nitrogens with zero attached hydrogens (tertiary/aromatic N) is 3. The molecule has 35 heavy (non-hydrogen) atoms. The Bertz CT molecular complexity index is 1510. The third-order valence-corrected chi connectivity index (χ3v) is 6.45. The SMILES string of the molecule is CCc1ccc2c(C)c(CC(C)=NOC)c(=O)n(Cc3ccc(-c4ccccc4C#N)cc3)c2c1. The summed E-state index contributed by atoms with van der Waals surface area (Å²) in [6.45, 7) is 6.45. The van der Waals surface area contributed by atoms with Crippen molar-refractivity contribution in [1.29, 1.82) is 5.26 Å². The molecule has 1 aromatic heterocycles. The van der Waals surface area contributed by atoms with E-state index in [1.807, 2.05) is 66.9 Å². The second-order valence-corrected chi connectivity index (χ2v) is 8.74. The summed E-state index contributed by atoms with van der Waals surface area (Å²) in [5, 5.41) is 14.5. The van der Waals surface area contributed by atoms with E-state index in [-0.39, 0.29) is 5.56 Å². The van der Waals surface area contributed by atoms with Crippen LogP contribution >= 0.6 is 0 Å². The summed E-state index contributed by atoms with van der Waals surface area (Å²) in [5.74, 6) is 0. The fourth-order valence-corrected chi connectivity index (χ4v) is 4.55. The first-order valence-corrected chi connectivity index (χ1v) is 11.8. The highest BCUT2D eigenvalue weighted by molar-refractivity contribution is 5.88.